The highest BCUT2D eigenvalue weighted by atomic mass is 35.5. The summed E-state index contributed by atoms with van der Waals surface area (Å²) in [5.41, 5.74) is 0. The number of halogens is 2. The zero-order valence-electron chi connectivity index (χ0n) is 15.4. The summed E-state index contributed by atoms with van der Waals surface area (Å²) < 4.78 is 10.3. The molecular formula is C19H34Cl2O4. The number of hydrogen-bond donors (Lipinski definition) is 0. The number of carbonyl (C=O) groups is 2. The number of ether oxygens (including phenoxy) is 2. The van der Waals surface area contributed by atoms with E-state index in [1.807, 2.05) is 0 Å². The lowest BCUT2D eigenvalue weighted by molar-refractivity contribution is -0.145. The monoisotopic (exact) mass is 396 g/mol. The number of carbonyl (C=O) groups excluding carboxylic acids is 2. The molecule has 0 aromatic rings. The van der Waals surface area contributed by atoms with Crippen molar-refractivity contribution in [3.05, 3.63) is 0 Å². The third-order valence-corrected chi connectivity index (χ3v) is 4.38. The van der Waals surface area contributed by atoms with Crippen LogP contribution < -0.4 is 0 Å². The topological polar surface area (TPSA) is 52.6 Å². The normalized spacial score (nSPS) is 10.6. The second kappa shape index (κ2) is 19.8. The van der Waals surface area contributed by atoms with Gasteiger partial charge in [-0.15, -0.1) is 23.2 Å². The Labute approximate surface area is 162 Å². The highest BCUT2D eigenvalue weighted by molar-refractivity contribution is 6.18. The fourth-order valence-corrected chi connectivity index (χ4v) is 2.73. The summed E-state index contributed by atoms with van der Waals surface area (Å²) in [6.45, 7) is 0.932. The Balaban J connectivity index is 3.32. The van der Waals surface area contributed by atoms with E-state index in [0.717, 1.165) is 64.2 Å². The molecule has 0 N–H and O–H groups in total. The first-order valence-corrected chi connectivity index (χ1v) is 10.7. The summed E-state index contributed by atoms with van der Waals surface area (Å²) in [5.74, 6) is 0.971. The van der Waals surface area contributed by atoms with Gasteiger partial charge in [-0.2, -0.15) is 0 Å². The first kappa shape index (κ1) is 24.5. The molecule has 0 spiro atoms. The van der Waals surface area contributed by atoms with Crippen molar-refractivity contribution < 1.29 is 19.1 Å². The van der Waals surface area contributed by atoms with E-state index in [2.05, 4.69) is 0 Å². The van der Waals surface area contributed by atoms with E-state index >= 15 is 0 Å². The van der Waals surface area contributed by atoms with E-state index in [9.17, 15) is 9.59 Å². The molecule has 0 radical (unpaired) electrons. The van der Waals surface area contributed by atoms with Crippen LogP contribution in [-0.2, 0) is 19.1 Å². The Hall–Kier alpha value is -0.480. The van der Waals surface area contributed by atoms with Crippen molar-refractivity contribution in [3.63, 3.8) is 0 Å². The van der Waals surface area contributed by atoms with Gasteiger partial charge in [0.1, 0.15) is 0 Å². The van der Waals surface area contributed by atoms with E-state index in [4.69, 9.17) is 32.7 Å². The number of hydrogen-bond acceptors (Lipinski definition) is 4. The lowest BCUT2D eigenvalue weighted by Gasteiger charge is -2.06. The van der Waals surface area contributed by atoms with Gasteiger partial charge >= 0.3 is 11.9 Å². The van der Waals surface area contributed by atoms with Crippen LogP contribution in [0.3, 0.4) is 0 Å². The minimum Gasteiger partial charge on any atom is -0.466 e. The number of esters is 2. The van der Waals surface area contributed by atoms with E-state index in [-0.39, 0.29) is 24.8 Å². The van der Waals surface area contributed by atoms with Crippen molar-refractivity contribution in [2.24, 2.45) is 0 Å². The Bertz CT molecular complexity index is 295. The maximum atomic E-state index is 11.5. The van der Waals surface area contributed by atoms with Gasteiger partial charge in [-0.3, -0.25) is 9.59 Å². The van der Waals surface area contributed by atoms with E-state index in [1.54, 1.807) is 0 Å². The molecule has 148 valence electrons. The molecule has 4 nitrogen and oxygen atoms in total. The third-order valence-electron chi connectivity index (χ3n) is 3.84. The second-order valence-electron chi connectivity index (χ2n) is 6.21. The first-order chi connectivity index (χ1) is 12.2. The lowest BCUT2D eigenvalue weighted by Crippen LogP contribution is -2.09. The largest absolute Gasteiger partial charge is 0.466 e. The molecule has 0 saturated carbocycles. The Morgan fingerprint density at radius 2 is 0.880 bits per heavy atom. The van der Waals surface area contributed by atoms with E-state index in [1.165, 1.54) is 0 Å². The number of alkyl halides is 2. The molecule has 0 saturated heterocycles. The van der Waals surface area contributed by atoms with Gasteiger partial charge in [0.15, 0.2) is 0 Å². The summed E-state index contributed by atoms with van der Waals surface area (Å²) >= 11 is 11.2. The van der Waals surface area contributed by atoms with Crippen molar-refractivity contribution in [2.75, 3.05) is 25.0 Å². The van der Waals surface area contributed by atoms with Crippen molar-refractivity contribution in [1.29, 1.82) is 0 Å². The second-order valence-corrected chi connectivity index (χ2v) is 6.96. The van der Waals surface area contributed by atoms with Crippen LogP contribution >= 0.6 is 23.2 Å². The summed E-state index contributed by atoms with van der Waals surface area (Å²) in [6, 6.07) is 0. The molecule has 25 heavy (non-hydrogen) atoms. The fraction of sp³-hybridized carbons (Fsp3) is 0.895. The maximum absolute atomic E-state index is 11.5. The average molecular weight is 397 g/mol. The van der Waals surface area contributed by atoms with Crippen LogP contribution in [0.15, 0.2) is 0 Å². The van der Waals surface area contributed by atoms with Crippen LogP contribution in [-0.4, -0.2) is 36.9 Å². The summed E-state index contributed by atoms with van der Waals surface area (Å²) in [5, 5.41) is 0. The summed E-state index contributed by atoms with van der Waals surface area (Å²) in [4.78, 5) is 23.1. The standard InChI is InChI=1S/C19H34Cl2O4/c20-14-7-3-1-5-9-16-24-18(22)12-11-13-19(23)25-17-10-6-2-4-8-15-21/h1-17H2. The highest BCUT2D eigenvalue weighted by Gasteiger charge is 2.07. The highest BCUT2D eigenvalue weighted by Crippen LogP contribution is 2.07. The fourth-order valence-electron chi connectivity index (χ4n) is 2.35. The summed E-state index contributed by atoms with van der Waals surface area (Å²) in [7, 11) is 0. The number of rotatable bonds is 18. The van der Waals surface area contributed by atoms with Crippen LogP contribution in [0.25, 0.3) is 0 Å². The minimum atomic E-state index is -0.229. The zero-order chi connectivity index (χ0) is 18.6. The molecule has 0 aliphatic heterocycles. The first-order valence-electron chi connectivity index (χ1n) is 9.64. The van der Waals surface area contributed by atoms with Crippen LogP contribution in [0.2, 0.25) is 0 Å². The van der Waals surface area contributed by atoms with Crippen LogP contribution in [0, 0.1) is 0 Å². The average Bonchev–Trinajstić information content (AvgIpc) is 2.60. The molecule has 0 fully saturated rings. The van der Waals surface area contributed by atoms with Crippen molar-refractivity contribution in [1.82, 2.24) is 0 Å². The molecule has 0 heterocycles. The molecule has 0 aromatic carbocycles. The van der Waals surface area contributed by atoms with Crippen LogP contribution in [0.4, 0.5) is 0 Å². The molecule has 0 aliphatic rings. The smallest absolute Gasteiger partial charge is 0.305 e. The maximum Gasteiger partial charge on any atom is 0.305 e. The Morgan fingerprint density at radius 1 is 0.520 bits per heavy atom. The molecule has 0 aliphatic carbocycles. The molecule has 0 amide bonds. The molecule has 0 aromatic heterocycles. The molecule has 0 bridgehead atoms. The lowest BCUT2D eigenvalue weighted by atomic mass is 10.2. The van der Waals surface area contributed by atoms with Gasteiger partial charge in [0, 0.05) is 24.6 Å². The van der Waals surface area contributed by atoms with Crippen LogP contribution in [0.1, 0.15) is 83.5 Å². The van der Waals surface area contributed by atoms with Crippen LogP contribution in [0.5, 0.6) is 0 Å². The SMILES string of the molecule is O=C(CCCC(=O)OCCCCCCCCl)OCCCCCCCCl. The van der Waals surface area contributed by atoms with Gasteiger partial charge in [0.2, 0.25) is 0 Å². The zero-order valence-corrected chi connectivity index (χ0v) is 16.9. The molecule has 0 atom stereocenters. The van der Waals surface area contributed by atoms with Gasteiger partial charge in [0.05, 0.1) is 13.2 Å². The van der Waals surface area contributed by atoms with Gasteiger partial charge in [0.25, 0.3) is 0 Å². The van der Waals surface area contributed by atoms with Gasteiger partial charge < -0.3 is 9.47 Å². The molecule has 6 heteroatoms. The number of unbranched alkanes of at least 4 members (excludes halogenated alkanes) is 8. The summed E-state index contributed by atoms with van der Waals surface area (Å²) in [6.07, 6.45) is 11.6. The predicted octanol–water partition coefficient (Wildman–Crippen LogP) is 5.62. The molecule has 0 rings (SSSR count). The third kappa shape index (κ3) is 19.7. The van der Waals surface area contributed by atoms with Gasteiger partial charge in [-0.1, -0.05) is 38.5 Å². The Kier molecular flexibility index (Phi) is 19.5. The molecule has 0 unspecified atom stereocenters. The van der Waals surface area contributed by atoms with Crippen molar-refractivity contribution in [2.45, 2.75) is 83.5 Å². The van der Waals surface area contributed by atoms with Crippen molar-refractivity contribution >= 4 is 35.1 Å². The van der Waals surface area contributed by atoms with E-state index in [0.29, 0.717) is 31.4 Å². The Morgan fingerprint density at radius 3 is 1.28 bits per heavy atom. The van der Waals surface area contributed by atoms with E-state index < -0.39 is 0 Å². The van der Waals surface area contributed by atoms with Gasteiger partial charge in [-0.25, -0.2) is 0 Å². The molecular weight excluding hydrogens is 363 g/mol. The minimum absolute atomic E-state index is 0.229. The predicted molar refractivity (Wildman–Crippen MR) is 103 cm³/mol. The quantitative estimate of drug-likeness (QED) is 0.171. The van der Waals surface area contributed by atoms with Gasteiger partial charge in [-0.05, 0) is 32.1 Å². The van der Waals surface area contributed by atoms with Crippen molar-refractivity contribution in [3.8, 4) is 0 Å².